The van der Waals surface area contributed by atoms with Crippen LogP contribution in [0.1, 0.15) is 50.9 Å². The van der Waals surface area contributed by atoms with E-state index >= 15 is 0 Å². The first-order valence-corrected chi connectivity index (χ1v) is 9.95. The van der Waals surface area contributed by atoms with Crippen LogP contribution in [-0.2, 0) is 0 Å². The smallest absolute Gasteiger partial charge is 0.176 e. The van der Waals surface area contributed by atoms with Crippen LogP contribution >= 0.6 is 11.8 Å². The van der Waals surface area contributed by atoms with Gasteiger partial charge >= 0.3 is 0 Å². The summed E-state index contributed by atoms with van der Waals surface area (Å²) >= 11 is 1.78. The number of rotatable bonds is 8. The van der Waals surface area contributed by atoms with Crippen molar-refractivity contribution in [2.75, 3.05) is 5.75 Å². The molecule has 134 valence electrons. The Hall–Kier alpha value is -1.74. The van der Waals surface area contributed by atoms with Crippen molar-refractivity contribution in [1.29, 1.82) is 0 Å². The molecule has 0 amide bonds. The monoisotopic (exact) mass is 356 g/mol. The number of carbonyl (C=O) groups excluding carboxylic acids is 1. The maximum absolute atomic E-state index is 13.0. The van der Waals surface area contributed by atoms with Crippen LogP contribution in [0.4, 0.5) is 0 Å². The Bertz CT molecular complexity index is 657. The third-order valence-electron chi connectivity index (χ3n) is 3.92. The number of benzene rings is 2. The average Bonchev–Trinajstić information content (AvgIpc) is 2.59. The molecule has 0 aliphatic heterocycles. The van der Waals surface area contributed by atoms with E-state index in [1.54, 1.807) is 11.8 Å². The molecule has 0 spiro atoms. The van der Waals surface area contributed by atoms with Crippen molar-refractivity contribution < 1.29 is 9.53 Å². The van der Waals surface area contributed by atoms with E-state index in [-0.39, 0.29) is 16.4 Å². The molecule has 2 aromatic carbocycles. The largest absolute Gasteiger partial charge is 0.457 e. The Morgan fingerprint density at radius 2 is 1.60 bits per heavy atom. The Morgan fingerprint density at radius 1 is 1.00 bits per heavy atom. The molecular formula is C22H28O2S. The normalized spacial score (nSPS) is 12.6. The number of carbonyl (C=O) groups is 1. The van der Waals surface area contributed by atoms with E-state index in [1.807, 2.05) is 54.6 Å². The summed E-state index contributed by atoms with van der Waals surface area (Å²) in [5.74, 6) is 2.78. The van der Waals surface area contributed by atoms with Crippen LogP contribution in [0, 0.1) is 5.41 Å². The van der Waals surface area contributed by atoms with Crippen molar-refractivity contribution in [1.82, 2.24) is 0 Å². The van der Waals surface area contributed by atoms with Crippen LogP contribution in [0.5, 0.6) is 11.5 Å². The lowest BCUT2D eigenvalue weighted by Crippen LogP contribution is -2.32. The second-order valence-corrected chi connectivity index (χ2v) is 8.49. The van der Waals surface area contributed by atoms with E-state index in [2.05, 4.69) is 27.7 Å². The first-order valence-electron chi connectivity index (χ1n) is 8.90. The summed E-state index contributed by atoms with van der Waals surface area (Å²) in [4.78, 5) is 13.0. The number of ketones is 1. The second-order valence-electron chi connectivity index (χ2n) is 7.27. The van der Waals surface area contributed by atoms with E-state index in [1.165, 1.54) is 0 Å². The topological polar surface area (TPSA) is 26.3 Å². The quantitative estimate of drug-likeness (QED) is 0.393. The van der Waals surface area contributed by atoms with Crippen molar-refractivity contribution in [2.24, 2.45) is 5.41 Å². The number of thioether (sulfide) groups is 1. The van der Waals surface area contributed by atoms with E-state index in [4.69, 9.17) is 4.74 Å². The van der Waals surface area contributed by atoms with Gasteiger partial charge in [0.15, 0.2) is 5.78 Å². The van der Waals surface area contributed by atoms with Gasteiger partial charge in [0.1, 0.15) is 11.5 Å². The molecule has 3 heteroatoms. The number of para-hydroxylation sites is 1. The van der Waals surface area contributed by atoms with Crippen molar-refractivity contribution >= 4 is 17.5 Å². The van der Waals surface area contributed by atoms with Gasteiger partial charge in [0.2, 0.25) is 0 Å². The van der Waals surface area contributed by atoms with E-state index in [0.29, 0.717) is 0 Å². The van der Waals surface area contributed by atoms with E-state index in [0.717, 1.165) is 35.7 Å². The van der Waals surface area contributed by atoms with Crippen molar-refractivity contribution in [2.45, 2.75) is 45.8 Å². The van der Waals surface area contributed by atoms with Crippen molar-refractivity contribution in [3.63, 3.8) is 0 Å². The summed E-state index contributed by atoms with van der Waals surface area (Å²) in [5, 5.41) is -0.0278. The van der Waals surface area contributed by atoms with Gasteiger partial charge in [0, 0.05) is 5.56 Å². The molecule has 2 aromatic rings. The Balaban J connectivity index is 2.09. The maximum Gasteiger partial charge on any atom is 0.176 e. The number of hydrogen-bond acceptors (Lipinski definition) is 3. The summed E-state index contributed by atoms with van der Waals surface area (Å²) in [6.07, 6.45) is 2.30. The molecule has 25 heavy (non-hydrogen) atoms. The molecule has 0 aromatic heterocycles. The molecular weight excluding hydrogens is 328 g/mol. The van der Waals surface area contributed by atoms with Gasteiger partial charge in [0.05, 0.1) is 5.25 Å². The SMILES string of the molecule is CCCCSC(C(=O)c1ccc(Oc2ccccc2)cc1)C(C)(C)C. The summed E-state index contributed by atoms with van der Waals surface area (Å²) in [7, 11) is 0. The summed E-state index contributed by atoms with van der Waals surface area (Å²) in [6, 6.07) is 17.2. The molecule has 0 N–H and O–H groups in total. The highest BCUT2D eigenvalue weighted by Crippen LogP contribution is 2.34. The van der Waals surface area contributed by atoms with Crippen LogP contribution < -0.4 is 4.74 Å². The van der Waals surface area contributed by atoms with E-state index < -0.39 is 0 Å². The number of Topliss-reactive ketones (excluding diaryl/α,β-unsaturated/α-hetero) is 1. The fraction of sp³-hybridized carbons (Fsp3) is 0.409. The molecule has 1 atom stereocenters. The Kier molecular flexibility index (Phi) is 7.12. The minimum Gasteiger partial charge on any atom is -0.457 e. The predicted molar refractivity (Wildman–Crippen MR) is 108 cm³/mol. The first-order chi connectivity index (χ1) is 11.9. The lowest BCUT2D eigenvalue weighted by molar-refractivity contribution is 0.0950. The fourth-order valence-corrected chi connectivity index (χ4v) is 4.01. The third kappa shape index (κ3) is 5.93. The minimum absolute atomic E-state index is 0.0278. The molecule has 0 aliphatic rings. The van der Waals surface area contributed by atoms with Crippen LogP contribution in [0.3, 0.4) is 0 Å². The molecule has 1 unspecified atom stereocenters. The van der Waals surface area contributed by atoms with Crippen molar-refractivity contribution in [3.05, 3.63) is 60.2 Å². The second kappa shape index (κ2) is 9.10. The van der Waals surface area contributed by atoms with Gasteiger partial charge in [-0.1, -0.05) is 52.3 Å². The molecule has 0 radical (unpaired) electrons. The zero-order valence-electron chi connectivity index (χ0n) is 15.6. The molecule has 0 saturated heterocycles. The fourth-order valence-electron chi connectivity index (χ4n) is 2.53. The van der Waals surface area contributed by atoms with Gasteiger partial charge in [0.25, 0.3) is 0 Å². The highest BCUT2D eigenvalue weighted by Gasteiger charge is 2.32. The molecule has 0 fully saturated rings. The van der Waals surface area contributed by atoms with Crippen LogP contribution in [0.15, 0.2) is 54.6 Å². The van der Waals surface area contributed by atoms with Gasteiger partial charge in [-0.05, 0) is 54.0 Å². The van der Waals surface area contributed by atoms with Gasteiger partial charge in [-0.25, -0.2) is 0 Å². The van der Waals surface area contributed by atoms with Gasteiger partial charge in [-0.3, -0.25) is 4.79 Å². The highest BCUT2D eigenvalue weighted by molar-refractivity contribution is 8.00. The number of ether oxygens (including phenoxy) is 1. The first kappa shape index (κ1) is 19.6. The van der Waals surface area contributed by atoms with Gasteiger partial charge in [-0.2, -0.15) is 0 Å². The summed E-state index contributed by atoms with van der Waals surface area (Å²) in [6.45, 7) is 8.60. The summed E-state index contributed by atoms with van der Waals surface area (Å²) in [5.41, 5.74) is 0.693. The molecule has 2 rings (SSSR count). The minimum atomic E-state index is -0.0608. The van der Waals surface area contributed by atoms with Crippen molar-refractivity contribution in [3.8, 4) is 11.5 Å². The standard InChI is InChI=1S/C22H28O2S/c1-5-6-16-25-21(22(2,3)4)20(23)17-12-14-19(15-13-17)24-18-10-8-7-9-11-18/h7-15,21H,5-6,16H2,1-4H3. The number of hydrogen-bond donors (Lipinski definition) is 0. The highest BCUT2D eigenvalue weighted by atomic mass is 32.2. The van der Waals surface area contributed by atoms with Crippen LogP contribution in [-0.4, -0.2) is 16.8 Å². The third-order valence-corrected chi connectivity index (χ3v) is 5.70. The molecule has 0 heterocycles. The molecule has 0 saturated carbocycles. The van der Waals surface area contributed by atoms with Crippen LogP contribution in [0.25, 0.3) is 0 Å². The van der Waals surface area contributed by atoms with Crippen LogP contribution in [0.2, 0.25) is 0 Å². The average molecular weight is 357 g/mol. The zero-order valence-corrected chi connectivity index (χ0v) is 16.4. The Labute approximate surface area is 156 Å². The zero-order chi connectivity index (χ0) is 18.3. The number of unbranched alkanes of at least 4 members (excludes halogenated alkanes) is 1. The van der Waals surface area contributed by atoms with Gasteiger partial charge in [-0.15, -0.1) is 11.8 Å². The van der Waals surface area contributed by atoms with E-state index in [9.17, 15) is 4.79 Å². The molecule has 0 bridgehead atoms. The lowest BCUT2D eigenvalue weighted by atomic mass is 9.87. The maximum atomic E-state index is 13.0. The van der Waals surface area contributed by atoms with Gasteiger partial charge < -0.3 is 4.74 Å². The molecule has 2 nitrogen and oxygen atoms in total. The predicted octanol–water partition coefficient (Wildman–Crippen LogP) is 6.61. The molecule has 0 aliphatic carbocycles. The summed E-state index contributed by atoms with van der Waals surface area (Å²) < 4.78 is 5.80. The Morgan fingerprint density at radius 3 is 2.16 bits per heavy atom. The lowest BCUT2D eigenvalue weighted by Gasteiger charge is -2.29.